The number of nitriles is 1. The molecule has 1 saturated heterocycles. The molecule has 0 N–H and O–H groups in total. The van der Waals surface area contributed by atoms with Crippen molar-refractivity contribution in [2.24, 2.45) is 0 Å². The lowest BCUT2D eigenvalue weighted by molar-refractivity contribution is 0.0236. The summed E-state index contributed by atoms with van der Waals surface area (Å²) in [6, 6.07) is 2.28. The second-order valence-electron chi connectivity index (χ2n) is 6.35. The zero-order chi connectivity index (χ0) is 16.3. The number of piperidine rings is 1. The van der Waals surface area contributed by atoms with Crippen molar-refractivity contribution in [3.8, 4) is 6.07 Å². The summed E-state index contributed by atoms with van der Waals surface area (Å²) >= 11 is 1.49. The number of aromatic nitrogens is 1. The van der Waals surface area contributed by atoms with Crippen LogP contribution in [0.5, 0.6) is 0 Å². The Kier molecular flexibility index (Phi) is 4.87. The fraction of sp³-hybridized carbons (Fsp3) is 0.562. The van der Waals surface area contributed by atoms with Crippen molar-refractivity contribution in [1.82, 2.24) is 9.88 Å². The quantitative estimate of drug-likeness (QED) is 0.739. The molecular formula is C16H21N3O2S. The molecule has 0 unspecified atom stereocenters. The van der Waals surface area contributed by atoms with Gasteiger partial charge in [-0.05, 0) is 46.1 Å². The first-order valence-electron chi connectivity index (χ1n) is 7.32. The van der Waals surface area contributed by atoms with Crippen molar-refractivity contribution in [3.05, 3.63) is 21.7 Å². The number of rotatable bonds is 1. The molecule has 0 spiro atoms. The van der Waals surface area contributed by atoms with Crippen molar-refractivity contribution in [3.63, 3.8) is 0 Å². The number of carbonyl (C=O) groups excluding carboxylic acids is 1. The summed E-state index contributed by atoms with van der Waals surface area (Å²) in [7, 11) is 0. The second-order valence-corrected chi connectivity index (χ2v) is 7.21. The Labute approximate surface area is 135 Å². The molecule has 1 aromatic heterocycles. The molecule has 1 aromatic rings. The molecule has 22 heavy (non-hydrogen) atoms. The standard InChI is InChI=1S/C16H21N3O2S/c1-11-10-22-14(18-11)13(9-17)12-5-7-19(8-6-12)15(20)21-16(2,3)4/h10H,5-8H2,1-4H3. The van der Waals surface area contributed by atoms with E-state index in [0.29, 0.717) is 31.5 Å². The largest absolute Gasteiger partial charge is 0.444 e. The highest BCUT2D eigenvalue weighted by Gasteiger charge is 2.26. The van der Waals surface area contributed by atoms with E-state index in [4.69, 9.17) is 4.74 Å². The van der Waals surface area contributed by atoms with Crippen LogP contribution in [0.1, 0.15) is 44.3 Å². The first-order valence-corrected chi connectivity index (χ1v) is 8.20. The Hall–Kier alpha value is -1.87. The number of ether oxygens (including phenoxy) is 1. The third kappa shape index (κ3) is 4.08. The van der Waals surface area contributed by atoms with Gasteiger partial charge in [0.15, 0.2) is 0 Å². The molecule has 0 bridgehead atoms. The van der Waals surface area contributed by atoms with Crippen molar-refractivity contribution in [2.75, 3.05) is 13.1 Å². The van der Waals surface area contributed by atoms with Gasteiger partial charge in [-0.3, -0.25) is 0 Å². The first kappa shape index (κ1) is 16.5. The lowest BCUT2D eigenvalue weighted by Crippen LogP contribution is -2.40. The molecule has 0 aromatic carbocycles. The van der Waals surface area contributed by atoms with Crippen LogP contribution in [0.2, 0.25) is 0 Å². The van der Waals surface area contributed by atoms with Crippen LogP contribution in [-0.4, -0.2) is 34.7 Å². The van der Waals surface area contributed by atoms with Crippen LogP contribution in [0.15, 0.2) is 11.0 Å². The number of hydrogen-bond donors (Lipinski definition) is 0. The SMILES string of the molecule is Cc1csc(C(C#N)=C2CCN(C(=O)OC(C)(C)C)CC2)n1. The fourth-order valence-corrected chi connectivity index (χ4v) is 3.12. The van der Waals surface area contributed by atoms with Gasteiger partial charge >= 0.3 is 6.09 Å². The van der Waals surface area contributed by atoms with Crippen LogP contribution >= 0.6 is 11.3 Å². The number of amides is 1. The molecule has 1 aliphatic rings. The highest BCUT2D eigenvalue weighted by atomic mass is 32.1. The molecule has 0 atom stereocenters. The first-order chi connectivity index (χ1) is 10.3. The predicted molar refractivity (Wildman–Crippen MR) is 86.4 cm³/mol. The van der Waals surface area contributed by atoms with Crippen molar-refractivity contribution in [1.29, 1.82) is 5.26 Å². The molecule has 1 fully saturated rings. The zero-order valence-electron chi connectivity index (χ0n) is 13.5. The maximum Gasteiger partial charge on any atom is 0.410 e. The van der Waals surface area contributed by atoms with E-state index in [0.717, 1.165) is 16.3 Å². The molecular weight excluding hydrogens is 298 g/mol. The summed E-state index contributed by atoms with van der Waals surface area (Å²) in [6.07, 6.45) is 1.11. The van der Waals surface area contributed by atoms with Crippen LogP contribution in [0, 0.1) is 18.3 Å². The Morgan fingerprint density at radius 3 is 2.50 bits per heavy atom. The predicted octanol–water partition coefficient (Wildman–Crippen LogP) is 3.76. The van der Waals surface area contributed by atoms with Gasteiger partial charge in [-0.25, -0.2) is 9.78 Å². The molecule has 0 saturated carbocycles. The van der Waals surface area contributed by atoms with E-state index in [2.05, 4.69) is 11.1 Å². The number of likely N-dealkylation sites (tertiary alicyclic amines) is 1. The highest BCUT2D eigenvalue weighted by Crippen LogP contribution is 2.28. The van der Waals surface area contributed by atoms with Gasteiger partial charge in [0.05, 0.1) is 5.57 Å². The molecule has 0 radical (unpaired) electrons. The Balaban J connectivity index is 2.06. The normalized spacial score (nSPS) is 15.4. The lowest BCUT2D eigenvalue weighted by atomic mass is 9.99. The van der Waals surface area contributed by atoms with E-state index in [1.165, 1.54) is 11.3 Å². The minimum atomic E-state index is -0.483. The van der Waals surface area contributed by atoms with E-state index >= 15 is 0 Å². The monoisotopic (exact) mass is 319 g/mol. The topological polar surface area (TPSA) is 66.2 Å². The van der Waals surface area contributed by atoms with Crippen LogP contribution in [-0.2, 0) is 4.74 Å². The lowest BCUT2D eigenvalue weighted by Gasteiger charge is -2.31. The highest BCUT2D eigenvalue weighted by molar-refractivity contribution is 7.10. The van der Waals surface area contributed by atoms with Crippen molar-refractivity contribution >= 4 is 23.0 Å². The molecule has 1 aliphatic heterocycles. The number of allylic oxidation sites excluding steroid dienone is 1. The summed E-state index contributed by atoms with van der Waals surface area (Å²) in [5.74, 6) is 0. The van der Waals surface area contributed by atoms with Gasteiger partial charge in [-0.15, -0.1) is 11.3 Å². The number of hydrogen-bond acceptors (Lipinski definition) is 5. The number of nitrogens with zero attached hydrogens (tertiary/aromatic N) is 3. The zero-order valence-corrected chi connectivity index (χ0v) is 14.3. The van der Waals surface area contributed by atoms with E-state index < -0.39 is 5.60 Å². The molecule has 5 nitrogen and oxygen atoms in total. The van der Waals surface area contributed by atoms with Crippen LogP contribution in [0.3, 0.4) is 0 Å². The third-order valence-electron chi connectivity index (χ3n) is 3.32. The summed E-state index contributed by atoms with van der Waals surface area (Å²) < 4.78 is 5.38. The van der Waals surface area contributed by atoms with Gasteiger partial charge in [0.25, 0.3) is 0 Å². The summed E-state index contributed by atoms with van der Waals surface area (Å²) in [5.41, 5.74) is 2.20. The third-order valence-corrected chi connectivity index (χ3v) is 4.29. The summed E-state index contributed by atoms with van der Waals surface area (Å²) in [6.45, 7) is 8.67. The maximum atomic E-state index is 12.0. The van der Waals surface area contributed by atoms with Crippen molar-refractivity contribution < 1.29 is 9.53 Å². The van der Waals surface area contributed by atoms with E-state index in [-0.39, 0.29) is 6.09 Å². The van der Waals surface area contributed by atoms with Gasteiger partial charge in [-0.2, -0.15) is 5.26 Å². The van der Waals surface area contributed by atoms with Gasteiger partial charge in [0.2, 0.25) is 0 Å². The van der Waals surface area contributed by atoms with Gasteiger partial charge < -0.3 is 9.64 Å². The molecule has 0 aliphatic carbocycles. The Morgan fingerprint density at radius 1 is 1.41 bits per heavy atom. The van der Waals surface area contributed by atoms with E-state index in [9.17, 15) is 10.1 Å². The van der Waals surface area contributed by atoms with Gasteiger partial charge in [-0.1, -0.05) is 0 Å². The van der Waals surface area contributed by atoms with Crippen LogP contribution in [0.25, 0.3) is 5.57 Å². The van der Waals surface area contributed by atoms with Crippen LogP contribution in [0.4, 0.5) is 4.79 Å². The van der Waals surface area contributed by atoms with Crippen molar-refractivity contribution in [2.45, 2.75) is 46.1 Å². The molecule has 2 heterocycles. The minimum Gasteiger partial charge on any atom is -0.444 e. The number of thiazole rings is 1. The minimum absolute atomic E-state index is 0.282. The van der Waals surface area contributed by atoms with E-state index in [1.807, 2.05) is 33.1 Å². The molecule has 118 valence electrons. The Bertz CT molecular complexity index is 625. The smallest absolute Gasteiger partial charge is 0.410 e. The fourth-order valence-electron chi connectivity index (χ4n) is 2.28. The maximum absolute atomic E-state index is 12.0. The Morgan fingerprint density at radius 2 is 2.05 bits per heavy atom. The van der Waals surface area contributed by atoms with Gasteiger partial charge in [0, 0.05) is 24.2 Å². The number of aryl methyl sites for hydroxylation is 1. The molecule has 1 amide bonds. The second kappa shape index (κ2) is 6.49. The molecule has 6 heteroatoms. The summed E-state index contributed by atoms with van der Waals surface area (Å²) in [5, 5.41) is 12.1. The van der Waals surface area contributed by atoms with Crippen LogP contribution < -0.4 is 0 Å². The number of carbonyl (C=O) groups is 1. The average molecular weight is 319 g/mol. The summed E-state index contributed by atoms with van der Waals surface area (Å²) in [4.78, 5) is 18.1. The average Bonchev–Trinajstić information content (AvgIpc) is 2.85. The molecule has 2 rings (SSSR count). The van der Waals surface area contributed by atoms with E-state index in [1.54, 1.807) is 4.90 Å². The van der Waals surface area contributed by atoms with Gasteiger partial charge in [0.1, 0.15) is 16.7 Å².